The van der Waals surface area contributed by atoms with Gasteiger partial charge in [0.1, 0.15) is 11.6 Å². The first kappa shape index (κ1) is 31.6. The van der Waals surface area contributed by atoms with E-state index in [0.717, 1.165) is 58.8 Å². The lowest BCUT2D eigenvalue weighted by Crippen LogP contribution is -2.30. The Labute approximate surface area is 287 Å². The molecule has 0 unspecified atom stereocenters. The molecule has 0 radical (unpaired) electrons. The standard InChI is InChI=1S/C21H18N4.C20H22N4/c1-3-9-16(10-4-1)15-22-20-18-13-7-8-14-19(18)24-21(25-20)23-17-11-5-2-6-12-17;1-3-9-16(10-4-1)15-21-20-22-18-12-6-5-11-17(18)19(23-20)24-13-7-2-8-14-24/h1-14H,15H2,(H2,22,23,24,25);1,3-6,9-12H,2,7-8,13-15H2,(H,21,22,23). The summed E-state index contributed by atoms with van der Waals surface area (Å²) in [5.74, 6) is 3.18. The fraction of sp³-hybridized carbons (Fsp3) is 0.171. The van der Waals surface area contributed by atoms with Crippen LogP contribution in [0.2, 0.25) is 0 Å². The summed E-state index contributed by atoms with van der Waals surface area (Å²) in [6, 6.07) is 46.9. The molecule has 8 rings (SSSR count). The Balaban J connectivity index is 0.000000154. The van der Waals surface area contributed by atoms with Crippen LogP contribution in [0.25, 0.3) is 21.8 Å². The van der Waals surface area contributed by atoms with E-state index in [1.54, 1.807) is 0 Å². The van der Waals surface area contributed by atoms with Crippen molar-refractivity contribution >= 4 is 51.0 Å². The molecule has 0 spiro atoms. The van der Waals surface area contributed by atoms with Crippen LogP contribution in [0.5, 0.6) is 0 Å². The van der Waals surface area contributed by atoms with Crippen molar-refractivity contribution in [2.45, 2.75) is 32.4 Å². The topological polar surface area (TPSA) is 90.9 Å². The molecule has 0 aliphatic carbocycles. The third-order valence-electron chi connectivity index (χ3n) is 8.47. The Hall–Kier alpha value is -6.02. The first-order chi connectivity index (χ1) is 24.3. The molecule has 0 amide bonds. The van der Waals surface area contributed by atoms with E-state index < -0.39 is 0 Å². The molecule has 8 nitrogen and oxygen atoms in total. The molecule has 1 aliphatic rings. The van der Waals surface area contributed by atoms with E-state index in [0.29, 0.717) is 18.4 Å². The summed E-state index contributed by atoms with van der Waals surface area (Å²) in [4.78, 5) is 21.2. The van der Waals surface area contributed by atoms with Gasteiger partial charge < -0.3 is 20.9 Å². The lowest BCUT2D eigenvalue weighted by atomic mass is 10.1. The Kier molecular flexibility index (Phi) is 10.1. The molecule has 7 aromatic rings. The minimum atomic E-state index is 0.584. The third kappa shape index (κ3) is 8.29. The van der Waals surface area contributed by atoms with Gasteiger partial charge in [0.25, 0.3) is 0 Å². The maximum absolute atomic E-state index is 4.84. The lowest BCUT2D eigenvalue weighted by molar-refractivity contribution is 0.574. The van der Waals surface area contributed by atoms with Crippen molar-refractivity contribution < 1.29 is 0 Å². The Morgan fingerprint density at radius 3 is 1.67 bits per heavy atom. The van der Waals surface area contributed by atoms with Crippen molar-refractivity contribution in [1.82, 2.24) is 19.9 Å². The van der Waals surface area contributed by atoms with Crippen LogP contribution < -0.4 is 20.9 Å². The fourth-order valence-corrected chi connectivity index (χ4v) is 5.96. The number of anilines is 5. The van der Waals surface area contributed by atoms with E-state index in [9.17, 15) is 0 Å². The quantitative estimate of drug-likeness (QED) is 0.143. The zero-order valence-corrected chi connectivity index (χ0v) is 27.5. The summed E-state index contributed by atoms with van der Waals surface area (Å²) in [6.45, 7) is 3.61. The largest absolute Gasteiger partial charge is 0.365 e. The fourth-order valence-electron chi connectivity index (χ4n) is 5.96. The summed E-state index contributed by atoms with van der Waals surface area (Å²) >= 11 is 0. The average Bonchev–Trinajstić information content (AvgIpc) is 3.17. The van der Waals surface area contributed by atoms with Crippen LogP contribution in [-0.4, -0.2) is 33.0 Å². The molecule has 49 heavy (non-hydrogen) atoms. The molecule has 0 bridgehead atoms. The number of para-hydroxylation sites is 3. The van der Waals surface area contributed by atoms with Crippen LogP contribution in [0.4, 0.5) is 29.2 Å². The van der Waals surface area contributed by atoms with Crippen molar-refractivity contribution in [1.29, 1.82) is 0 Å². The highest BCUT2D eigenvalue weighted by atomic mass is 15.2. The maximum atomic E-state index is 4.84. The highest BCUT2D eigenvalue weighted by molar-refractivity contribution is 5.91. The van der Waals surface area contributed by atoms with Gasteiger partial charge in [0.2, 0.25) is 11.9 Å². The molecule has 244 valence electrons. The second-order valence-electron chi connectivity index (χ2n) is 12.0. The summed E-state index contributed by atoms with van der Waals surface area (Å²) in [7, 11) is 0. The van der Waals surface area contributed by atoms with Gasteiger partial charge >= 0.3 is 0 Å². The average molecular weight is 645 g/mol. The molecular formula is C41H40N8. The maximum Gasteiger partial charge on any atom is 0.229 e. The first-order valence-electron chi connectivity index (χ1n) is 16.9. The number of aromatic nitrogens is 4. The summed E-state index contributed by atoms with van der Waals surface area (Å²) < 4.78 is 0. The van der Waals surface area contributed by atoms with Gasteiger partial charge in [0.15, 0.2) is 0 Å². The molecular weight excluding hydrogens is 605 g/mol. The Bertz CT molecular complexity index is 2080. The van der Waals surface area contributed by atoms with Crippen LogP contribution in [0, 0.1) is 0 Å². The van der Waals surface area contributed by atoms with Gasteiger partial charge in [0.05, 0.1) is 11.0 Å². The smallest absolute Gasteiger partial charge is 0.229 e. The molecule has 0 atom stereocenters. The molecule has 0 saturated carbocycles. The normalized spacial score (nSPS) is 12.6. The van der Waals surface area contributed by atoms with Gasteiger partial charge in [-0.1, -0.05) is 103 Å². The van der Waals surface area contributed by atoms with E-state index in [-0.39, 0.29) is 0 Å². The highest BCUT2D eigenvalue weighted by Gasteiger charge is 2.17. The van der Waals surface area contributed by atoms with E-state index >= 15 is 0 Å². The SMILES string of the molecule is c1ccc(CNc2nc(N3CCCCC3)c3ccccc3n2)cc1.c1ccc(CNc2nc(Nc3ccccc3)nc3ccccc23)cc1. The number of nitrogens with one attached hydrogen (secondary N) is 3. The predicted octanol–water partition coefficient (Wildman–Crippen LogP) is 9.22. The summed E-state index contributed by atoms with van der Waals surface area (Å²) in [5, 5.41) is 12.2. The van der Waals surface area contributed by atoms with Crippen molar-refractivity contribution in [2.24, 2.45) is 0 Å². The number of hydrogen-bond acceptors (Lipinski definition) is 8. The van der Waals surface area contributed by atoms with E-state index in [1.165, 1.54) is 30.4 Å². The van der Waals surface area contributed by atoms with Gasteiger partial charge in [-0.2, -0.15) is 9.97 Å². The van der Waals surface area contributed by atoms with E-state index in [1.807, 2.05) is 84.9 Å². The monoisotopic (exact) mass is 644 g/mol. The molecule has 1 aliphatic heterocycles. The van der Waals surface area contributed by atoms with E-state index in [2.05, 4.69) is 85.4 Å². The first-order valence-corrected chi connectivity index (χ1v) is 16.9. The molecule has 5 aromatic carbocycles. The second-order valence-corrected chi connectivity index (χ2v) is 12.0. The molecule has 1 saturated heterocycles. The molecule has 1 fully saturated rings. The van der Waals surface area contributed by atoms with Crippen LogP contribution in [-0.2, 0) is 13.1 Å². The molecule has 8 heteroatoms. The minimum absolute atomic E-state index is 0.584. The number of fused-ring (bicyclic) bond motifs is 2. The number of rotatable bonds is 9. The predicted molar refractivity (Wildman–Crippen MR) is 202 cm³/mol. The van der Waals surface area contributed by atoms with Gasteiger partial charge in [0, 0.05) is 42.6 Å². The van der Waals surface area contributed by atoms with Gasteiger partial charge in [-0.25, -0.2) is 9.97 Å². The Morgan fingerprint density at radius 2 is 1.00 bits per heavy atom. The van der Waals surface area contributed by atoms with Crippen molar-refractivity contribution in [3.63, 3.8) is 0 Å². The molecule has 3 N–H and O–H groups in total. The van der Waals surface area contributed by atoms with Crippen LogP contribution in [0.3, 0.4) is 0 Å². The van der Waals surface area contributed by atoms with Crippen LogP contribution >= 0.6 is 0 Å². The van der Waals surface area contributed by atoms with Crippen molar-refractivity contribution in [3.05, 3.63) is 151 Å². The number of nitrogens with zero attached hydrogens (tertiary/aromatic N) is 5. The van der Waals surface area contributed by atoms with E-state index in [4.69, 9.17) is 9.97 Å². The zero-order chi connectivity index (χ0) is 33.1. The molecule has 2 aromatic heterocycles. The van der Waals surface area contributed by atoms with Gasteiger partial charge in [-0.15, -0.1) is 0 Å². The van der Waals surface area contributed by atoms with Gasteiger partial charge in [-0.3, -0.25) is 0 Å². The van der Waals surface area contributed by atoms with Crippen LogP contribution in [0.15, 0.2) is 140 Å². The third-order valence-corrected chi connectivity index (χ3v) is 8.47. The molecule has 3 heterocycles. The highest BCUT2D eigenvalue weighted by Crippen LogP contribution is 2.28. The summed E-state index contributed by atoms with van der Waals surface area (Å²) in [6.07, 6.45) is 3.80. The van der Waals surface area contributed by atoms with Crippen molar-refractivity contribution in [2.75, 3.05) is 33.9 Å². The number of benzene rings is 5. The Morgan fingerprint density at radius 1 is 0.469 bits per heavy atom. The summed E-state index contributed by atoms with van der Waals surface area (Å²) in [5.41, 5.74) is 5.32. The minimum Gasteiger partial charge on any atom is -0.365 e. The van der Waals surface area contributed by atoms with Crippen molar-refractivity contribution in [3.8, 4) is 0 Å². The number of piperidine rings is 1. The number of hydrogen-bond donors (Lipinski definition) is 3. The lowest BCUT2D eigenvalue weighted by Gasteiger charge is -2.29. The van der Waals surface area contributed by atoms with Crippen LogP contribution in [0.1, 0.15) is 30.4 Å². The van der Waals surface area contributed by atoms with Gasteiger partial charge in [-0.05, 0) is 66.8 Å². The zero-order valence-electron chi connectivity index (χ0n) is 27.5. The second kappa shape index (κ2) is 15.7.